The number of rotatable bonds is 9. The topological polar surface area (TPSA) is 111 Å². The number of halogens is 1. The summed E-state index contributed by atoms with van der Waals surface area (Å²) in [5, 5.41) is 15.7. The maximum Gasteiger partial charge on any atom is 0.337 e. The fraction of sp³-hybridized carbons (Fsp3) is 0.348. The van der Waals surface area contributed by atoms with Gasteiger partial charge in [0.1, 0.15) is 0 Å². The van der Waals surface area contributed by atoms with Crippen LogP contribution in [-0.2, 0) is 9.53 Å². The molecule has 3 N–H and O–H groups in total. The van der Waals surface area contributed by atoms with E-state index in [-0.39, 0.29) is 17.2 Å². The van der Waals surface area contributed by atoms with Gasteiger partial charge in [0.15, 0.2) is 0 Å². The third-order valence-electron chi connectivity index (χ3n) is 5.32. The molecule has 0 radical (unpaired) electrons. The average molecular weight is 475 g/mol. The van der Waals surface area contributed by atoms with E-state index in [1.54, 1.807) is 49.6 Å². The molecule has 176 valence electrons. The summed E-state index contributed by atoms with van der Waals surface area (Å²) in [5.41, 5.74) is 1.36. The summed E-state index contributed by atoms with van der Waals surface area (Å²) in [6.45, 7) is 3.93. The van der Waals surface area contributed by atoms with Crippen LogP contribution in [-0.4, -0.2) is 80.8 Å². The Hall–Kier alpha value is -3.14. The third kappa shape index (κ3) is 6.92. The summed E-state index contributed by atoms with van der Waals surface area (Å²) in [4.78, 5) is 40.4. The normalized spacial score (nSPS) is 14.1. The second-order valence-electron chi connectivity index (χ2n) is 7.60. The van der Waals surface area contributed by atoms with Crippen molar-refractivity contribution in [3.8, 4) is 0 Å². The van der Waals surface area contributed by atoms with Crippen molar-refractivity contribution in [1.29, 1.82) is 0 Å². The molecule has 0 spiro atoms. The van der Waals surface area contributed by atoms with Gasteiger partial charge in [0.2, 0.25) is 5.91 Å². The molecule has 0 bridgehead atoms. The highest BCUT2D eigenvalue weighted by Crippen LogP contribution is 2.25. The van der Waals surface area contributed by atoms with Gasteiger partial charge in [0.25, 0.3) is 5.91 Å². The average Bonchev–Trinajstić information content (AvgIpc) is 2.80. The van der Waals surface area contributed by atoms with Gasteiger partial charge < -0.3 is 25.4 Å². The molecule has 0 aliphatic carbocycles. The van der Waals surface area contributed by atoms with Crippen molar-refractivity contribution in [2.24, 2.45) is 0 Å². The standard InChI is InChI=1S/C23H27ClN4O5/c1-33-13-8-25-21(29)15-27-9-11-28(12-10-27)18-6-7-20(19(14-18)23(31)32)26-22(30)16-2-4-17(24)5-3-16/h2-7,14H,8-13,15H2,1H3,(H,25,29)(H,26,30)(H,31,32). The lowest BCUT2D eigenvalue weighted by Gasteiger charge is -2.36. The third-order valence-corrected chi connectivity index (χ3v) is 5.57. The van der Waals surface area contributed by atoms with E-state index < -0.39 is 11.9 Å². The van der Waals surface area contributed by atoms with Crippen LogP contribution in [0, 0.1) is 0 Å². The summed E-state index contributed by atoms with van der Waals surface area (Å²) in [5.74, 6) is -1.59. The molecule has 2 aromatic carbocycles. The molecule has 1 aliphatic heterocycles. The predicted octanol–water partition coefficient (Wildman–Crippen LogP) is 2.18. The number of nitrogens with one attached hydrogen (secondary N) is 2. The first kappa shape index (κ1) is 24.5. The van der Waals surface area contributed by atoms with Gasteiger partial charge in [0, 0.05) is 56.1 Å². The molecule has 33 heavy (non-hydrogen) atoms. The molecule has 1 heterocycles. The molecule has 3 rings (SSSR count). The zero-order chi connectivity index (χ0) is 23.8. The van der Waals surface area contributed by atoms with Crippen LogP contribution in [0.5, 0.6) is 0 Å². The van der Waals surface area contributed by atoms with Crippen LogP contribution in [0.4, 0.5) is 11.4 Å². The maximum absolute atomic E-state index is 12.5. The number of carboxylic acid groups (broad SMARTS) is 1. The van der Waals surface area contributed by atoms with Crippen molar-refractivity contribution >= 4 is 40.8 Å². The monoisotopic (exact) mass is 474 g/mol. The predicted molar refractivity (Wildman–Crippen MR) is 126 cm³/mol. The Morgan fingerprint density at radius 2 is 1.76 bits per heavy atom. The van der Waals surface area contributed by atoms with E-state index in [1.165, 1.54) is 0 Å². The number of ether oxygens (including phenoxy) is 1. The molecule has 10 heteroatoms. The van der Waals surface area contributed by atoms with Gasteiger partial charge in [-0.25, -0.2) is 4.79 Å². The Bertz CT molecular complexity index is 991. The SMILES string of the molecule is COCCNC(=O)CN1CCN(c2ccc(NC(=O)c3ccc(Cl)cc3)c(C(=O)O)c2)CC1. The second-order valence-corrected chi connectivity index (χ2v) is 8.04. The Labute approximate surface area is 197 Å². The van der Waals surface area contributed by atoms with E-state index in [2.05, 4.69) is 20.4 Å². The van der Waals surface area contributed by atoms with Gasteiger partial charge in [-0.1, -0.05) is 11.6 Å². The van der Waals surface area contributed by atoms with E-state index in [0.717, 1.165) is 5.69 Å². The number of piperazine rings is 1. The zero-order valence-electron chi connectivity index (χ0n) is 18.3. The Morgan fingerprint density at radius 1 is 1.06 bits per heavy atom. The highest BCUT2D eigenvalue weighted by atomic mass is 35.5. The minimum atomic E-state index is -1.13. The van der Waals surface area contributed by atoms with Crippen molar-refractivity contribution in [1.82, 2.24) is 10.2 Å². The molecule has 0 unspecified atom stereocenters. The van der Waals surface area contributed by atoms with E-state index in [9.17, 15) is 19.5 Å². The van der Waals surface area contributed by atoms with E-state index >= 15 is 0 Å². The summed E-state index contributed by atoms with van der Waals surface area (Å²) >= 11 is 5.85. The summed E-state index contributed by atoms with van der Waals surface area (Å²) in [6, 6.07) is 11.3. The number of aromatic carboxylic acids is 1. The lowest BCUT2D eigenvalue weighted by molar-refractivity contribution is -0.122. The Morgan fingerprint density at radius 3 is 2.39 bits per heavy atom. The fourth-order valence-electron chi connectivity index (χ4n) is 3.53. The number of carbonyl (C=O) groups is 3. The van der Waals surface area contributed by atoms with Crippen molar-refractivity contribution in [3.05, 3.63) is 58.6 Å². The quantitative estimate of drug-likeness (QED) is 0.477. The van der Waals surface area contributed by atoms with Gasteiger partial charge in [-0.2, -0.15) is 0 Å². The largest absolute Gasteiger partial charge is 0.478 e. The van der Waals surface area contributed by atoms with Crippen LogP contribution in [0.15, 0.2) is 42.5 Å². The van der Waals surface area contributed by atoms with Crippen LogP contribution in [0.25, 0.3) is 0 Å². The molecule has 1 saturated heterocycles. The highest BCUT2D eigenvalue weighted by molar-refractivity contribution is 6.30. The van der Waals surface area contributed by atoms with Crippen LogP contribution < -0.4 is 15.5 Å². The molecule has 9 nitrogen and oxygen atoms in total. The van der Waals surface area contributed by atoms with Gasteiger partial charge in [-0.3, -0.25) is 14.5 Å². The van der Waals surface area contributed by atoms with Crippen molar-refractivity contribution in [2.75, 3.05) is 63.2 Å². The van der Waals surface area contributed by atoms with Crippen LogP contribution in [0.1, 0.15) is 20.7 Å². The van der Waals surface area contributed by atoms with Crippen LogP contribution in [0.3, 0.4) is 0 Å². The number of hydrogen-bond acceptors (Lipinski definition) is 6. The number of anilines is 2. The Kier molecular flexibility index (Phi) is 8.65. The number of hydrogen-bond donors (Lipinski definition) is 3. The van der Waals surface area contributed by atoms with E-state index in [1.807, 2.05) is 0 Å². The number of carboxylic acids is 1. The first-order chi connectivity index (χ1) is 15.9. The minimum absolute atomic E-state index is 0.00904. The van der Waals surface area contributed by atoms with Gasteiger partial charge in [-0.15, -0.1) is 0 Å². The number of carbonyl (C=O) groups excluding carboxylic acids is 2. The van der Waals surface area contributed by atoms with Crippen LogP contribution >= 0.6 is 11.6 Å². The number of nitrogens with zero attached hydrogens (tertiary/aromatic N) is 2. The Balaban J connectivity index is 1.61. The zero-order valence-corrected chi connectivity index (χ0v) is 19.1. The molecule has 0 aromatic heterocycles. The van der Waals surface area contributed by atoms with Crippen molar-refractivity contribution in [3.63, 3.8) is 0 Å². The molecule has 1 fully saturated rings. The number of amides is 2. The van der Waals surface area contributed by atoms with Gasteiger partial charge >= 0.3 is 5.97 Å². The minimum Gasteiger partial charge on any atom is -0.478 e. The molecule has 2 amide bonds. The number of methoxy groups -OCH3 is 1. The molecule has 0 atom stereocenters. The van der Waals surface area contributed by atoms with E-state index in [4.69, 9.17) is 16.3 Å². The first-order valence-corrected chi connectivity index (χ1v) is 10.9. The second kappa shape index (κ2) is 11.6. The van der Waals surface area contributed by atoms with Crippen molar-refractivity contribution < 1.29 is 24.2 Å². The lowest BCUT2D eigenvalue weighted by atomic mass is 10.1. The first-order valence-electron chi connectivity index (χ1n) is 10.5. The van der Waals surface area contributed by atoms with Crippen LogP contribution in [0.2, 0.25) is 5.02 Å². The highest BCUT2D eigenvalue weighted by Gasteiger charge is 2.21. The summed E-state index contributed by atoms with van der Waals surface area (Å²) in [6.07, 6.45) is 0. The molecular weight excluding hydrogens is 448 g/mol. The van der Waals surface area contributed by atoms with Gasteiger partial charge in [-0.05, 0) is 42.5 Å². The summed E-state index contributed by atoms with van der Waals surface area (Å²) < 4.78 is 4.92. The maximum atomic E-state index is 12.5. The van der Waals surface area contributed by atoms with E-state index in [0.29, 0.717) is 56.5 Å². The smallest absolute Gasteiger partial charge is 0.337 e. The van der Waals surface area contributed by atoms with Crippen molar-refractivity contribution in [2.45, 2.75) is 0 Å². The molecular formula is C23H27ClN4O5. The summed E-state index contributed by atoms with van der Waals surface area (Å²) in [7, 11) is 1.58. The fourth-order valence-corrected chi connectivity index (χ4v) is 3.65. The number of benzene rings is 2. The van der Waals surface area contributed by atoms with Gasteiger partial charge in [0.05, 0.1) is 24.4 Å². The molecule has 1 aliphatic rings. The lowest BCUT2D eigenvalue weighted by Crippen LogP contribution is -2.49. The molecule has 0 saturated carbocycles. The molecule has 2 aromatic rings.